The predicted molar refractivity (Wildman–Crippen MR) is 108 cm³/mol. The minimum absolute atomic E-state index is 0.0408. The molecule has 0 saturated carbocycles. The van der Waals surface area contributed by atoms with E-state index < -0.39 is 5.60 Å². The molecular formula is C21H23BrFN3O2. The van der Waals surface area contributed by atoms with Crippen molar-refractivity contribution in [3.8, 4) is 0 Å². The highest BCUT2D eigenvalue weighted by molar-refractivity contribution is 9.10. The SMILES string of the molecule is O=C(c1ccncc1Cc1ccc(Br)cc1F)N1CC(O)([C@@H]2CCCCN2)C1. The van der Waals surface area contributed by atoms with Crippen LogP contribution in [-0.2, 0) is 6.42 Å². The van der Waals surface area contributed by atoms with Gasteiger partial charge in [0.1, 0.15) is 11.4 Å². The predicted octanol–water partition coefficient (Wildman–Crippen LogP) is 2.90. The van der Waals surface area contributed by atoms with E-state index in [2.05, 4.69) is 26.2 Å². The monoisotopic (exact) mass is 447 g/mol. The number of carbonyl (C=O) groups excluding carboxylic acids is 1. The van der Waals surface area contributed by atoms with E-state index in [0.29, 0.717) is 34.3 Å². The maximum atomic E-state index is 14.2. The molecule has 2 aliphatic rings. The van der Waals surface area contributed by atoms with Gasteiger partial charge in [-0.15, -0.1) is 0 Å². The molecule has 2 saturated heterocycles. The highest BCUT2D eigenvalue weighted by atomic mass is 79.9. The Morgan fingerprint density at radius 3 is 2.86 bits per heavy atom. The second-order valence-corrected chi connectivity index (χ2v) is 8.63. The minimum atomic E-state index is -0.860. The molecule has 1 aromatic carbocycles. The Bertz CT molecular complexity index is 880. The second kappa shape index (κ2) is 7.89. The van der Waals surface area contributed by atoms with Crippen LogP contribution in [0.3, 0.4) is 0 Å². The lowest BCUT2D eigenvalue weighted by Crippen LogP contribution is -2.72. The van der Waals surface area contributed by atoms with Gasteiger partial charge >= 0.3 is 0 Å². The molecule has 2 aromatic rings. The summed E-state index contributed by atoms with van der Waals surface area (Å²) >= 11 is 3.26. The van der Waals surface area contributed by atoms with Crippen molar-refractivity contribution in [2.75, 3.05) is 19.6 Å². The molecule has 0 radical (unpaired) electrons. The smallest absolute Gasteiger partial charge is 0.254 e. The number of carbonyl (C=O) groups is 1. The fraction of sp³-hybridized carbons (Fsp3) is 0.429. The maximum Gasteiger partial charge on any atom is 0.254 e. The lowest BCUT2D eigenvalue weighted by molar-refractivity contribution is -0.108. The molecule has 2 N–H and O–H groups in total. The number of piperidine rings is 1. The number of β-amino-alcohol motifs (C(OH)–C–C–N with tert-alkyl or cyclic N) is 1. The molecule has 5 nitrogen and oxygen atoms in total. The first-order valence-corrected chi connectivity index (χ1v) is 10.4. The van der Waals surface area contributed by atoms with E-state index in [-0.39, 0.29) is 24.2 Å². The zero-order valence-electron chi connectivity index (χ0n) is 15.5. The van der Waals surface area contributed by atoms with E-state index in [1.807, 2.05) is 0 Å². The van der Waals surface area contributed by atoms with Gasteiger partial charge in [-0.05, 0) is 48.7 Å². The molecular weight excluding hydrogens is 425 g/mol. The Labute approximate surface area is 172 Å². The fourth-order valence-electron chi connectivity index (χ4n) is 4.11. The number of pyridine rings is 1. The van der Waals surface area contributed by atoms with Crippen molar-refractivity contribution in [2.24, 2.45) is 0 Å². The van der Waals surface area contributed by atoms with E-state index in [4.69, 9.17) is 0 Å². The number of nitrogens with one attached hydrogen (secondary N) is 1. The average molecular weight is 448 g/mol. The van der Waals surface area contributed by atoms with Crippen LogP contribution in [0.25, 0.3) is 0 Å². The van der Waals surface area contributed by atoms with Crippen LogP contribution >= 0.6 is 15.9 Å². The van der Waals surface area contributed by atoms with Crippen molar-refractivity contribution in [1.29, 1.82) is 0 Å². The van der Waals surface area contributed by atoms with Crippen LogP contribution in [0, 0.1) is 5.82 Å². The molecule has 1 amide bonds. The number of hydrogen-bond acceptors (Lipinski definition) is 4. The summed E-state index contributed by atoms with van der Waals surface area (Å²) < 4.78 is 14.9. The zero-order valence-corrected chi connectivity index (χ0v) is 17.1. The summed E-state index contributed by atoms with van der Waals surface area (Å²) in [5.74, 6) is -0.464. The molecule has 7 heteroatoms. The average Bonchev–Trinajstić information content (AvgIpc) is 2.68. The molecule has 3 heterocycles. The molecule has 0 aliphatic carbocycles. The Kier molecular flexibility index (Phi) is 5.49. The molecule has 2 fully saturated rings. The highest BCUT2D eigenvalue weighted by Gasteiger charge is 2.49. The lowest BCUT2D eigenvalue weighted by Gasteiger charge is -2.51. The van der Waals surface area contributed by atoms with Gasteiger partial charge in [-0.2, -0.15) is 0 Å². The summed E-state index contributed by atoms with van der Waals surface area (Å²) in [5, 5.41) is 14.2. The van der Waals surface area contributed by atoms with Gasteiger partial charge < -0.3 is 15.3 Å². The first kappa shape index (κ1) is 19.5. The number of amides is 1. The molecule has 28 heavy (non-hydrogen) atoms. The number of halogens is 2. The third kappa shape index (κ3) is 3.83. The molecule has 4 rings (SSSR count). The van der Waals surface area contributed by atoms with Gasteiger partial charge in [0.2, 0.25) is 0 Å². The number of hydrogen-bond donors (Lipinski definition) is 2. The van der Waals surface area contributed by atoms with Gasteiger partial charge in [0, 0.05) is 34.9 Å². The number of rotatable bonds is 4. The van der Waals surface area contributed by atoms with Crippen LogP contribution in [-0.4, -0.2) is 52.2 Å². The fourth-order valence-corrected chi connectivity index (χ4v) is 4.44. The Balaban J connectivity index is 1.48. The van der Waals surface area contributed by atoms with Crippen LogP contribution in [0.15, 0.2) is 41.1 Å². The Morgan fingerprint density at radius 1 is 1.32 bits per heavy atom. The van der Waals surface area contributed by atoms with Crippen LogP contribution in [0.1, 0.15) is 40.7 Å². The largest absolute Gasteiger partial charge is 0.385 e. The van der Waals surface area contributed by atoms with Crippen LogP contribution in [0.2, 0.25) is 0 Å². The van der Waals surface area contributed by atoms with Crippen molar-refractivity contribution in [2.45, 2.75) is 37.3 Å². The van der Waals surface area contributed by atoms with Crippen molar-refractivity contribution in [3.05, 3.63) is 63.6 Å². The molecule has 0 spiro atoms. The molecule has 0 unspecified atom stereocenters. The van der Waals surface area contributed by atoms with Gasteiger partial charge in [-0.3, -0.25) is 9.78 Å². The summed E-state index contributed by atoms with van der Waals surface area (Å²) in [6.45, 7) is 1.55. The van der Waals surface area contributed by atoms with Crippen molar-refractivity contribution in [1.82, 2.24) is 15.2 Å². The Hall–Kier alpha value is -1.83. The number of aromatic nitrogens is 1. The van der Waals surface area contributed by atoms with Crippen LogP contribution in [0.5, 0.6) is 0 Å². The van der Waals surface area contributed by atoms with Crippen molar-refractivity contribution >= 4 is 21.8 Å². The molecule has 0 bridgehead atoms. The van der Waals surface area contributed by atoms with E-state index in [0.717, 1.165) is 25.8 Å². The number of likely N-dealkylation sites (tertiary alicyclic amines) is 1. The van der Waals surface area contributed by atoms with E-state index in [1.165, 1.54) is 6.07 Å². The Morgan fingerprint density at radius 2 is 2.14 bits per heavy atom. The molecule has 2 aliphatic heterocycles. The van der Waals surface area contributed by atoms with Crippen LogP contribution in [0.4, 0.5) is 4.39 Å². The summed E-state index contributed by atoms with van der Waals surface area (Å²) in [5.41, 5.74) is 0.842. The van der Waals surface area contributed by atoms with E-state index >= 15 is 0 Å². The van der Waals surface area contributed by atoms with E-state index in [1.54, 1.807) is 35.5 Å². The lowest BCUT2D eigenvalue weighted by atomic mass is 9.81. The number of nitrogens with zero attached hydrogens (tertiary/aromatic N) is 2. The van der Waals surface area contributed by atoms with Gasteiger partial charge in [-0.25, -0.2) is 4.39 Å². The van der Waals surface area contributed by atoms with Gasteiger partial charge in [0.05, 0.1) is 13.1 Å². The highest BCUT2D eigenvalue weighted by Crippen LogP contribution is 2.31. The van der Waals surface area contributed by atoms with Gasteiger partial charge in [0.15, 0.2) is 0 Å². The van der Waals surface area contributed by atoms with Crippen molar-refractivity contribution in [3.63, 3.8) is 0 Å². The first-order chi connectivity index (χ1) is 13.5. The first-order valence-electron chi connectivity index (χ1n) is 9.58. The third-order valence-corrected chi connectivity index (χ3v) is 6.20. The van der Waals surface area contributed by atoms with Crippen LogP contribution < -0.4 is 5.32 Å². The second-order valence-electron chi connectivity index (χ2n) is 7.71. The number of aliphatic hydroxyl groups is 1. The van der Waals surface area contributed by atoms with Gasteiger partial charge in [0.25, 0.3) is 5.91 Å². The van der Waals surface area contributed by atoms with Crippen molar-refractivity contribution < 1.29 is 14.3 Å². The van der Waals surface area contributed by atoms with Gasteiger partial charge in [-0.1, -0.05) is 28.4 Å². The zero-order chi connectivity index (χ0) is 19.7. The molecule has 148 valence electrons. The normalized spacial score (nSPS) is 21.2. The standard InChI is InChI=1S/C21H23BrFN3O2/c22-16-5-4-14(18(23)10-16)9-15-11-24-8-6-17(15)20(27)26-12-21(28,13-26)19-3-1-2-7-25-19/h4-6,8,10-11,19,25,28H,1-3,7,9,12-13H2/t19-/m0/s1. The summed E-state index contributed by atoms with van der Waals surface area (Å²) in [6, 6.07) is 6.62. The third-order valence-electron chi connectivity index (χ3n) is 5.71. The molecule has 1 atom stereocenters. The summed E-state index contributed by atoms with van der Waals surface area (Å²) in [4.78, 5) is 18.8. The maximum absolute atomic E-state index is 14.2. The summed E-state index contributed by atoms with van der Waals surface area (Å²) in [7, 11) is 0. The molecule has 1 aromatic heterocycles. The number of benzene rings is 1. The quantitative estimate of drug-likeness (QED) is 0.755. The topological polar surface area (TPSA) is 65.5 Å². The minimum Gasteiger partial charge on any atom is -0.385 e. The van der Waals surface area contributed by atoms with E-state index in [9.17, 15) is 14.3 Å². The summed E-state index contributed by atoms with van der Waals surface area (Å²) in [6.07, 6.45) is 6.63.